The molecule has 4 nitrogen and oxygen atoms in total. The van der Waals surface area contributed by atoms with Gasteiger partial charge in [0.25, 0.3) is 0 Å². The van der Waals surface area contributed by atoms with Gasteiger partial charge in [-0.15, -0.1) is 0 Å². The number of thiophene rings is 1. The van der Waals surface area contributed by atoms with Gasteiger partial charge in [-0.25, -0.2) is 9.97 Å². The van der Waals surface area contributed by atoms with Crippen molar-refractivity contribution in [1.82, 2.24) is 9.97 Å². The van der Waals surface area contributed by atoms with Gasteiger partial charge < -0.3 is 10.6 Å². The zero-order chi connectivity index (χ0) is 14.7. The van der Waals surface area contributed by atoms with Crippen LogP contribution in [0.2, 0.25) is 0 Å². The molecule has 20 heavy (non-hydrogen) atoms. The average Bonchev–Trinajstić information content (AvgIpc) is 2.94. The van der Waals surface area contributed by atoms with E-state index in [1.807, 2.05) is 14.0 Å². The zero-order valence-electron chi connectivity index (χ0n) is 12.7. The van der Waals surface area contributed by atoms with E-state index in [4.69, 9.17) is 0 Å². The van der Waals surface area contributed by atoms with Crippen LogP contribution in [0, 0.1) is 6.92 Å². The minimum atomic E-state index is 0.236. The predicted molar refractivity (Wildman–Crippen MR) is 86.8 cm³/mol. The van der Waals surface area contributed by atoms with E-state index in [1.54, 1.807) is 11.3 Å². The molecule has 2 rings (SSSR count). The molecule has 0 aliphatic rings. The second-order valence-corrected chi connectivity index (χ2v) is 6.01. The summed E-state index contributed by atoms with van der Waals surface area (Å²) in [5.41, 5.74) is 2.34. The Morgan fingerprint density at radius 2 is 1.85 bits per heavy atom. The molecule has 0 aliphatic carbocycles. The first-order chi connectivity index (χ1) is 9.52. The molecule has 2 aromatic rings. The molecule has 0 aliphatic heterocycles. The van der Waals surface area contributed by atoms with Crippen molar-refractivity contribution in [2.45, 2.75) is 39.7 Å². The summed E-state index contributed by atoms with van der Waals surface area (Å²) < 4.78 is 0. The molecule has 0 saturated carbocycles. The molecule has 0 bridgehead atoms. The standard InChI is InChI=1S/C15H22N4S/c1-9(2)13-18-14(16-5)10(3)15(19-13)17-11(4)12-6-7-20-8-12/h6-9,11H,1-5H3,(H2,16,17,18,19). The Morgan fingerprint density at radius 3 is 2.40 bits per heavy atom. The molecule has 0 amide bonds. The SMILES string of the molecule is CNc1nc(C(C)C)nc(NC(C)c2ccsc2)c1C. The first-order valence-corrected chi connectivity index (χ1v) is 7.82. The summed E-state index contributed by atoms with van der Waals surface area (Å²) in [5, 5.41) is 10.9. The third-order valence-corrected chi connectivity index (χ3v) is 4.01. The third-order valence-electron chi connectivity index (χ3n) is 3.31. The van der Waals surface area contributed by atoms with E-state index in [0.29, 0.717) is 5.92 Å². The van der Waals surface area contributed by atoms with Crippen molar-refractivity contribution < 1.29 is 0 Å². The van der Waals surface area contributed by atoms with Crippen molar-refractivity contribution in [2.24, 2.45) is 0 Å². The van der Waals surface area contributed by atoms with Crippen LogP contribution in [0.4, 0.5) is 11.6 Å². The quantitative estimate of drug-likeness (QED) is 0.867. The summed E-state index contributed by atoms with van der Waals surface area (Å²) in [5.74, 6) is 2.97. The maximum atomic E-state index is 4.67. The Balaban J connectivity index is 2.32. The van der Waals surface area contributed by atoms with Gasteiger partial charge in [0, 0.05) is 18.5 Å². The van der Waals surface area contributed by atoms with Gasteiger partial charge in [0.05, 0.1) is 6.04 Å². The largest absolute Gasteiger partial charge is 0.373 e. The first-order valence-electron chi connectivity index (χ1n) is 6.87. The van der Waals surface area contributed by atoms with Gasteiger partial charge in [-0.3, -0.25) is 0 Å². The van der Waals surface area contributed by atoms with Crippen molar-refractivity contribution in [2.75, 3.05) is 17.7 Å². The fourth-order valence-electron chi connectivity index (χ4n) is 1.99. The van der Waals surface area contributed by atoms with Crippen LogP contribution in [0.5, 0.6) is 0 Å². The van der Waals surface area contributed by atoms with Crippen molar-refractivity contribution in [3.8, 4) is 0 Å². The molecule has 108 valence electrons. The molecule has 0 saturated heterocycles. The lowest BCUT2D eigenvalue weighted by Crippen LogP contribution is -2.13. The van der Waals surface area contributed by atoms with Gasteiger partial charge in [-0.1, -0.05) is 13.8 Å². The highest BCUT2D eigenvalue weighted by Crippen LogP contribution is 2.26. The van der Waals surface area contributed by atoms with Crippen LogP contribution >= 0.6 is 11.3 Å². The van der Waals surface area contributed by atoms with Crippen LogP contribution in [0.1, 0.15) is 49.7 Å². The highest BCUT2D eigenvalue weighted by molar-refractivity contribution is 7.07. The second kappa shape index (κ2) is 6.22. The number of nitrogens with one attached hydrogen (secondary N) is 2. The van der Waals surface area contributed by atoms with Crippen molar-refractivity contribution >= 4 is 23.0 Å². The molecule has 5 heteroatoms. The van der Waals surface area contributed by atoms with Crippen molar-refractivity contribution in [3.05, 3.63) is 33.8 Å². The van der Waals surface area contributed by atoms with Crippen LogP contribution in [0.15, 0.2) is 16.8 Å². The number of hydrogen-bond acceptors (Lipinski definition) is 5. The topological polar surface area (TPSA) is 49.8 Å². The fraction of sp³-hybridized carbons (Fsp3) is 0.467. The van der Waals surface area contributed by atoms with Crippen LogP contribution < -0.4 is 10.6 Å². The Kier molecular flexibility index (Phi) is 4.60. The van der Waals surface area contributed by atoms with E-state index in [0.717, 1.165) is 23.0 Å². The fourth-order valence-corrected chi connectivity index (χ4v) is 2.74. The molecule has 0 fully saturated rings. The number of aromatic nitrogens is 2. The van der Waals surface area contributed by atoms with E-state index in [1.165, 1.54) is 5.56 Å². The van der Waals surface area contributed by atoms with Gasteiger partial charge in [0.1, 0.15) is 17.5 Å². The summed E-state index contributed by atoms with van der Waals surface area (Å²) in [7, 11) is 1.89. The van der Waals surface area contributed by atoms with E-state index in [9.17, 15) is 0 Å². The van der Waals surface area contributed by atoms with Gasteiger partial charge in [-0.05, 0) is 36.2 Å². The lowest BCUT2D eigenvalue weighted by Gasteiger charge is -2.18. The molecule has 0 radical (unpaired) electrons. The van der Waals surface area contributed by atoms with Crippen LogP contribution in [-0.4, -0.2) is 17.0 Å². The van der Waals surface area contributed by atoms with Crippen LogP contribution in [0.25, 0.3) is 0 Å². The molecular weight excluding hydrogens is 268 g/mol. The van der Waals surface area contributed by atoms with Gasteiger partial charge in [-0.2, -0.15) is 11.3 Å². The molecule has 2 aromatic heterocycles. The summed E-state index contributed by atoms with van der Waals surface area (Å²) in [6.45, 7) is 8.41. The summed E-state index contributed by atoms with van der Waals surface area (Å²) in [6, 6.07) is 2.38. The third kappa shape index (κ3) is 3.10. The molecule has 1 atom stereocenters. The van der Waals surface area contributed by atoms with Gasteiger partial charge in [0.2, 0.25) is 0 Å². The van der Waals surface area contributed by atoms with Crippen molar-refractivity contribution in [1.29, 1.82) is 0 Å². The number of anilines is 2. The molecule has 0 spiro atoms. The summed E-state index contributed by atoms with van der Waals surface area (Å²) in [6.07, 6.45) is 0. The van der Waals surface area contributed by atoms with Crippen LogP contribution in [-0.2, 0) is 0 Å². The lowest BCUT2D eigenvalue weighted by atomic mass is 10.1. The van der Waals surface area contributed by atoms with Crippen molar-refractivity contribution in [3.63, 3.8) is 0 Å². The molecular formula is C15H22N4S. The molecule has 1 unspecified atom stereocenters. The highest BCUT2D eigenvalue weighted by atomic mass is 32.1. The minimum absolute atomic E-state index is 0.236. The monoisotopic (exact) mass is 290 g/mol. The normalized spacial score (nSPS) is 12.5. The zero-order valence-corrected chi connectivity index (χ0v) is 13.5. The van der Waals surface area contributed by atoms with Gasteiger partial charge in [0.15, 0.2) is 0 Å². The minimum Gasteiger partial charge on any atom is -0.373 e. The molecule has 0 aromatic carbocycles. The second-order valence-electron chi connectivity index (χ2n) is 5.23. The molecule has 2 heterocycles. The smallest absolute Gasteiger partial charge is 0.135 e. The summed E-state index contributed by atoms with van der Waals surface area (Å²) in [4.78, 5) is 9.23. The van der Waals surface area contributed by atoms with E-state index in [2.05, 4.69) is 58.2 Å². The predicted octanol–water partition coefficient (Wildman–Crippen LogP) is 4.18. The number of rotatable bonds is 5. The van der Waals surface area contributed by atoms with E-state index >= 15 is 0 Å². The maximum Gasteiger partial charge on any atom is 0.135 e. The summed E-state index contributed by atoms with van der Waals surface area (Å²) >= 11 is 1.71. The Labute approximate surface area is 124 Å². The van der Waals surface area contributed by atoms with E-state index < -0.39 is 0 Å². The Bertz CT molecular complexity index is 564. The van der Waals surface area contributed by atoms with E-state index in [-0.39, 0.29) is 6.04 Å². The van der Waals surface area contributed by atoms with Gasteiger partial charge >= 0.3 is 0 Å². The Morgan fingerprint density at radius 1 is 1.15 bits per heavy atom. The first kappa shape index (κ1) is 14.8. The lowest BCUT2D eigenvalue weighted by molar-refractivity contribution is 0.767. The average molecular weight is 290 g/mol. The number of nitrogens with zero attached hydrogens (tertiary/aromatic N) is 2. The van der Waals surface area contributed by atoms with Crippen LogP contribution in [0.3, 0.4) is 0 Å². The maximum absolute atomic E-state index is 4.67. The highest BCUT2D eigenvalue weighted by Gasteiger charge is 2.14. The Hall–Kier alpha value is -1.62. The molecule has 2 N–H and O–H groups in total. The number of hydrogen-bond donors (Lipinski definition) is 2.